The highest BCUT2D eigenvalue weighted by molar-refractivity contribution is 7.10. The molecule has 1 saturated heterocycles. The molecule has 86 valence electrons. The van der Waals surface area contributed by atoms with Crippen molar-refractivity contribution in [2.45, 2.75) is 13.0 Å². The van der Waals surface area contributed by atoms with Crippen LogP contribution in [0.15, 0.2) is 11.4 Å². The van der Waals surface area contributed by atoms with Crippen LogP contribution >= 0.6 is 35.3 Å². The Morgan fingerprint density at radius 2 is 2.40 bits per heavy atom. The quantitative estimate of drug-likeness (QED) is 0.912. The van der Waals surface area contributed by atoms with Gasteiger partial charge in [0.05, 0.1) is 5.02 Å². The smallest absolute Gasteiger partial charge is 0.0516 e. The van der Waals surface area contributed by atoms with Gasteiger partial charge in [-0.3, -0.25) is 4.90 Å². The molecular weight excluding hydrogens is 251 g/mol. The molecule has 0 spiro atoms. The summed E-state index contributed by atoms with van der Waals surface area (Å²) >= 11 is 7.61. The van der Waals surface area contributed by atoms with E-state index in [1.54, 1.807) is 11.3 Å². The van der Waals surface area contributed by atoms with Gasteiger partial charge in [-0.1, -0.05) is 11.6 Å². The molecule has 0 radical (unpaired) electrons. The van der Waals surface area contributed by atoms with Crippen molar-refractivity contribution in [3.63, 3.8) is 0 Å². The van der Waals surface area contributed by atoms with E-state index in [0.29, 0.717) is 5.92 Å². The first kappa shape index (κ1) is 13.3. The van der Waals surface area contributed by atoms with Crippen LogP contribution in [0.3, 0.4) is 0 Å². The van der Waals surface area contributed by atoms with Gasteiger partial charge < -0.3 is 5.73 Å². The van der Waals surface area contributed by atoms with E-state index < -0.39 is 0 Å². The normalized spacial score (nSPS) is 21.6. The van der Waals surface area contributed by atoms with Crippen molar-refractivity contribution in [3.05, 3.63) is 21.3 Å². The van der Waals surface area contributed by atoms with Gasteiger partial charge in [0.2, 0.25) is 0 Å². The van der Waals surface area contributed by atoms with E-state index in [1.165, 1.54) is 17.8 Å². The van der Waals surface area contributed by atoms with E-state index in [2.05, 4.69) is 11.0 Å². The van der Waals surface area contributed by atoms with E-state index in [1.807, 2.05) is 5.38 Å². The van der Waals surface area contributed by atoms with Gasteiger partial charge in [0.15, 0.2) is 0 Å². The minimum atomic E-state index is 0. The lowest BCUT2D eigenvalue weighted by Gasteiger charge is -2.13. The zero-order chi connectivity index (χ0) is 9.97. The number of hydrogen-bond donors (Lipinski definition) is 1. The lowest BCUT2D eigenvalue weighted by molar-refractivity contribution is 0.320. The Morgan fingerprint density at radius 1 is 1.60 bits per heavy atom. The molecule has 1 aliphatic rings. The topological polar surface area (TPSA) is 29.3 Å². The third-order valence-corrected chi connectivity index (χ3v) is 3.97. The molecule has 1 aliphatic heterocycles. The summed E-state index contributed by atoms with van der Waals surface area (Å²) in [6.07, 6.45) is 1.25. The third kappa shape index (κ3) is 3.61. The molecule has 1 unspecified atom stereocenters. The second-order valence-corrected chi connectivity index (χ2v) is 5.29. The van der Waals surface area contributed by atoms with Gasteiger partial charge in [-0.25, -0.2) is 0 Å². The summed E-state index contributed by atoms with van der Waals surface area (Å²) in [6.45, 7) is 4.18. The number of rotatable bonds is 3. The predicted octanol–water partition coefficient (Wildman–Crippen LogP) is 2.60. The highest BCUT2D eigenvalue weighted by atomic mass is 35.5. The molecule has 2 heterocycles. The average molecular weight is 267 g/mol. The number of halogens is 2. The van der Waals surface area contributed by atoms with Crippen LogP contribution in [-0.2, 0) is 6.54 Å². The highest BCUT2D eigenvalue weighted by Crippen LogP contribution is 2.23. The SMILES string of the molecule is Cl.NCC1CCN(Cc2cc(Cl)cs2)C1. The molecule has 0 amide bonds. The summed E-state index contributed by atoms with van der Waals surface area (Å²) in [5.41, 5.74) is 5.65. The van der Waals surface area contributed by atoms with Crippen LogP contribution in [-0.4, -0.2) is 24.5 Å². The Bertz CT molecular complexity index is 303. The lowest BCUT2D eigenvalue weighted by atomic mass is 10.1. The Labute approximate surface area is 106 Å². The zero-order valence-electron chi connectivity index (χ0n) is 8.49. The lowest BCUT2D eigenvalue weighted by Crippen LogP contribution is -2.22. The monoisotopic (exact) mass is 266 g/mol. The molecule has 0 saturated carbocycles. The average Bonchev–Trinajstić information content (AvgIpc) is 2.76. The summed E-state index contributed by atoms with van der Waals surface area (Å²) < 4.78 is 0. The Kier molecular flexibility index (Phi) is 5.36. The van der Waals surface area contributed by atoms with Crippen LogP contribution < -0.4 is 5.73 Å². The second kappa shape index (κ2) is 6.06. The van der Waals surface area contributed by atoms with Gasteiger partial charge in [-0.15, -0.1) is 23.7 Å². The van der Waals surface area contributed by atoms with Gasteiger partial charge in [-0.05, 0) is 31.5 Å². The fourth-order valence-corrected chi connectivity index (χ4v) is 3.02. The largest absolute Gasteiger partial charge is 0.330 e. The molecule has 0 bridgehead atoms. The maximum absolute atomic E-state index is 5.87. The summed E-state index contributed by atoms with van der Waals surface area (Å²) in [5, 5.41) is 2.85. The van der Waals surface area contributed by atoms with Crippen LogP contribution in [0.5, 0.6) is 0 Å². The zero-order valence-corrected chi connectivity index (χ0v) is 10.9. The predicted molar refractivity (Wildman–Crippen MR) is 69.0 cm³/mol. The number of nitrogens with zero attached hydrogens (tertiary/aromatic N) is 1. The molecule has 2 N–H and O–H groups in total. The van der Waals surface area contributed by atoms with Crippen molar-refractivity contribution in [1.29, 1.82) is 0 Å². The minimum absolute atomic E-state index is 0. The van der Waals surface area contributed by atoms with E-state index in [0.717, 1.165) is 24.7 Å². The standard InChI is InChI=1S/C10H15ClN2S.ClH/c11-9-3-10(14-7-9)6-13-2-1-8(4-12)5-13;/h3,7-8H,1-2,4-6,12H2;1H. The maximum Gasteiger partial charge on any atom is 0.0516 e. The van der Waals surface area contributed by atoms with Gasteiger partial charge in [0, 0.05) is 23.3 Å². The van der Waals surface area contributed by atoms with E-state index in [-0.39, 0.29) is 12.4 Å². The summed E-state index contributed by atoms with van der Waals surface area (Å²) in [7, 11) is 0. The maximum atomic E-state index is 5.87. The molecular formula is C10H16Cl2N2S. The van der Waals surface area contributed by atoms with Crippen molar-refractivity contribution in [2.24, 2.45) is 11.7 Å². The molecule has 1 aromatic heterocycles. The summed E-state index contributed by atoms with van der Waals surface area (Å²) in [4.78, 5) is 3.81. The number of thiophene rings is 1. The van der Waals surface area contributed by atoms with Crippen molar-refractivity contribution >= 4 is 35.3 Å². The van der Waals surface area contributed by atoms with Gasteiger partial charge in [0.1, 0.15) is 0 Å². The first-order chi connectivity index (χ1) is 6.78. The second-order valence-electron chi connectivity index (χ2n) is 3.86. The van der Waals surface area contributed by atoms with Crippen molar-refractivity contribution in [1.82, 2.24) is 4.90 Å². The molecule has 1 fully saturated rings. The minimum Gasteiger partial charge on any atom is -0.330 e. The van der Waals surface area contributed by atoms with Crippen LogP contribution in [0.4, 0.5) is 0 Å². The van der Waals surface area contributed by atoms with Crippen LogP contribution in [0.2, 0.25) is 5.02 Å². The number of likely N-dealkylation sites (tertiary alicyclic amines) is 1. The summed E-state index contributed by atoms with van der Waals surface area (Å²) in [6, 6.07) is 2.06. The Balaban J connectivity index is 0.00000112. The third-order valence-electron chi connectivity index (χ3n) is 2.70. The Hall–Kier alpha value is 0.200. The fourth-order valence-electron chi connectivity index (χ4n) is 1.91. The highest BCUT2D eigenvalue weighted by Gasteiger charge is 2.21. The fraction of sp³-hybridized carbons (Fsp3) is 0.600. The van der Waals surface area contributed by atoms with Crippen molar-refractivity contribution < 1.29 is 0 Å². The Morgan fingerprint density at radius 3 is 2.93 bits per heavy atom. The molecule has 5 heteroatoms. The van der Waals surface area contributed by atoms with E-state index >= 15 is 0 Å². The molecule has 1 atom stereocenters. The van der Waals surface area contributed by atoms with Gasteiger partial charge >= 0.3 is 0 Å². The van der Waals surface area contributed by atoms with Crippen LogP contribution in [0.1, 0.15) is 11.3 Å². The van der Waals surface area contributed by atoms with Crippen LogP contribution in [0.25, 0.3) is 0 Å². The number of nitrogens with two attached hydrogens (primary N) is 1. The van der Waals surface area contributed by atoms with Gasteiger partial charge in [0.25, 0.3) is 0 Å². The molecule has 0 aliphatic carbocycles. The first-order valence-corrected chi connectivity index (χ1v) is 6.19. The molecule has 2 rings (SSSR count). The molecule has 1 aromatic rings. The number of hydrogen-bond acceptors (Lipinski definition) is 3. The summed E-state index contributed by atoms with van der Waals surface area (Å²) in [5.74, 6) is 0.699. The molecule has 15 heavy (non-hydrogen) atoms. The van der Waals surface area contributed by atoms with E-state index in [4.69, 9.17) is 17.3 Å². The van der Waals surface area contributed by atoms with Crippen LogP contribution in [0, 0.1) is 5.92 Å². The van der Waals surface area contributed by atoms with Crippen molar-refractivity contribution in [3.8, 4) is 0 Å². The van der Waals surface area contributed by atoms with Crippen molar-refractivity contribution in [2.75, 3.05) is 19.6 Å². The first-order valence-electron chi connectivity index (χ1n) is 4.93. The molecule has 2 nitrogen and oxygen atoms in total. The van der Waals surface area contributed by atoms with Gasteiger partial charge in [-0.2, -0.15) is 0 Å². The van der Waals surface area contributed by atoms with E-state index in [9.17, 15) is 0 Å². The molecule has 0 aromatic carbocycles.